The van der Waals surface area contributed by atoms with Gasteiger partial charge in [0.25, 0.3) is 5.56 Å². The van der Waals surface area contributed by atoms with Crippen LogP contribution in [-0.4, -0.2) is 35.4 Å². The molecule has 6 nitrogen and oxygen atoms in total. The molecule has 0 aliphatic carbocycles. The first-order valence-electron chi connectivity index (χ1n) is 9.72. The van der Waals surface area contributed by atoms with Crippen LogP contribution in [0.1, 0.15) is 5.56 Å². The zero-order chi connectivity index (χ0) is 22.7. The van der Waals surface area contributed by atoms with Gasteiger partial charge in [-0.1, -0.05) is 41.6 Å². The molecule has 0 aliphatic heterocycles. The minimum absolute atomic E-state index is 0.112. The van der Waals surface area contributed by atoms with Crippen molar-refractivity contribution in [3.05, 3.63) is 80.9 Å². The molecule has 4 aromatic rings. The van der Waals surface area contributed by atoms with Crippen LogP contribution in [0.5, 0.6) is 5.75 Å². The van der Waals surface area contributed by atoms with Gasteiger partial charge in [-0.3, -0.25) is 14.2 Å². The van der Waals surface area contributed by atoms with Gasteiger partial charge >= 0.3 is 0 Å². The number of halogens is 1. The zero-order valence-corrected chi connectivity index (χ0v) is 19.8. The second-order valence-corrected chi connectivity index (χ2v) is 9.29. The topological polar surface area (TPSA) is 64.4 Å². The highest BCUT2D eigenvalue weighted by atomic mass is 35.5. The average Bonchev–Trinajstić information content (AvgIpc) is 3.28. The fourth-order valence-electron chi connectivity index (χ4n) is 3.14. The summed E-state index contributed by atoms with van der Waals surface area (Å²) < 4.78 is 7.44. The third-order valence-corrected chi connectivity index (χ3v) is 7.01. The minimum atomic E-state index is -0.118. The number of hydrogen-bond acceptors (Lipinski definition) is 6. The lowest BCUT2D eigenvalue weighted by atomic mass is 10.2. The van der Waals surface area contributed by atoms with Crippen molar-refractivity contribution in [1.29, 1.82) is 0 Å². The van der Waals surface area contributed by atoms with Crippen LogP contribution in [0.15, 0.2) is 69.9 Å². The van der Waals surface area contributed by atoms with E-state index in [4.69, 9.17) is 16.3 Å². The number of anilines is 1. The molecule has 0 saturated carbocycles. The summed E-state index contributed by atoms with van der Waals surface area (Å²) in [6.45, 7) is 0.352. The van der Waals surface area contributed by atoms with Crippen LogP contribution in [0.4, 0.5) is 5.69 Å². The monoisotopic (exact) mass is 485 g/mol. The van der Waals surface area contributed by atoms with Crippen molar-refractivity contribution >= 4 is 56.5 Å². The van der Waals surface area contributed by atoms with E-state index in [0.29, 0.717) is 32.6 Å². The van der Waals surface area contributed by atoms with E-state index in [1.54, 1.807) is 41.8 Å². The molecular weight excluding hydrogens is 466 g/mol. The van der Waals surface area contributed by atoms with Crippen LogP contribution in [0, 0.1) is 0 Å². The van der Waals surface area contributed by atoms with Crippen LogP contribution in [0.2, 0.25) is 5.02 Å². The molecule has 0 unspecified atom stereocenters. The molecule has 0 aliphatic rings. The second-order valence-electron chi connectivity index (χ2n) is 6.99. The number of aromatic nitrogens is 2. The molecule has 2 aromatic heterocycles. The van der Waals surface area contributed by atoms with Crippen molar-refractivity contribution in [2.75, 3.05) is 24.8 Å². The highest BCUT2D eigenvalue weighted by molar-refractivity contribution is 7.99. The minimum Gasteiger partial charge on any atom is -0.497 e. The van der Waals surface area contributed by atoms with Crippen LogP contribution in [0.25, 0.3) is 10.2 Å². The van der Waals surface area contributed by atoms with Crippen molar-refractivity contribution in [3.63, 3.8) is 0 Å². The Morgan fingerprint density at radius 3 is 2.72 bits per heavy atom. The van der Waals surface area contributed by atoms with Crippen molar-refractivity contribution in [1.82, 2.24) is 9.55 Å². The molecule has 0 fully saturated rings. The zero-order valence-electron chi connectivity index (χ0n) is 17.4. The number of carbonyl (C=O) groups is 1. The largest absolute Gasteiger partial charge is 0.497 e. The maximum Gasteiger partial charge on any atom is 0.272 e. The second kappa shape index (κ2) is 9.77. The lowest BCUT2D eigenvalue weighted by Crippen LogP contribution is -2.29. The number of thioether (sulfide) groups is 1. The molecule has 0 N–H and O–H groups in total. The van der Waals surface area contributed by atoms with Gasteiger partial charge < -0.3 is 9.64 Å². The Hall–Kier alpha value is -2.81. The quantitative estimate of drug-likeness (QED) is 0.274. The molecule has 2 aromatic carbocycles. The van der Waals surface area contributed by atoms with Crippen molar-refractivity contribution in [2.24, 2.45) is 0 Å². The van der Waals surface area contributed by atoms with Gasteiger partial charge in [0.2, 0.25) is 5.91 Å². The number of benzene rings is 2. The van der Waals surface area contributed by atoms with E-state index >= 15 is 0 Å². The molecule has 0 spiro atoms. The summed E-state index contributed by atoms with van der Waals surface area (Å²) in [5, 5.41) is 2.92. The lowest BCUT2D eigenvalue weighted by molar-refractivity contribution is -0.115. The van der Waals surface area contributed by atoms with E-state index in [1.165, 1.54) is 23.1 Å². The Morgan fingerprint density at radius 1 is 1.22 bits per heavy atom. The van der Waals surface area contributed by atoms with Gasteiger partial charge in [0.15, 0.2) is 5.16 Å². The molecule has 32 heavy (non-hydrogen) atoms. The van der Waals surface area contributed by atoms with Crippen molar-refractivity contribution < 1.29 is 9.53 Å². The van der Waals surface area contributed by atoms with E-state index in [9.17, 15) is 9.59 Å². The number of hydrogen-bond donors (Lipinski definition) is 0. The Bertz CT molecular complexity index is 1320. The fourth-order valence-corrected chi connectivity index (χ4v) is 5.01. The Kier molecular flexibility index (Phi) is 6.83. The van der Waals surface area contributed by atoms with Crippen molar-refractivity contribution in [2.45, 2.75) is 11.7 Å². The van der Waals surface area contributed by atoms with Gasteiger partial charge in [-0.25, -0.2) is 4.98 Å². The third-order valence-electron chi connectivity index (χ3n) is 4.92. The first-order chi connectivity index (χ1) is 15.5. The molecule has 4 rings (SSSR count). The number of amides is 1. The van der Waals surface area contributed by atoms with Crippen molar-refractivity contribution in [3.8, 4) is 5.75 Å². The number of nitrogens with zero attached hydrogens (tertiary/aromatic N) is 3. The number of ether oxygens (including phenoxy) is 1. The van der Waals surface area contributed by atoms with Crippen LogP contribution >= 0.6 is 34.7 Å². The first kappa shape index (κ1) is 22.4. The molecule has 1 amide bonds. The highest BCUT2D eigenvalue weighted by Crippen LogP contribution is 2.24. The maximum absolute atomic E-state index is 13.2. The van der Waals surface area contributed by atoms with Gasteiger partial charge in [0.1, 0.15) is 10.4 Å². The average molecular weight is 486 g/mol. The lowest BCUT2D eigenvalue weighted by Gasteiger charge is -2.18. The van der Waals surface area contributed by atoms with Gasteiger partial charge in [-0.2, -0.15) is 0 Å². The molecular formula is C23H20ClN3O3S2. The SMILES string of the molecule is COc1ccc(Cn2c(SCC(=O)N(C)c3cccc(Cl)c3)nc3ccsc3c2=O)cc1. The number of rotatable bonds is 7. The van der Waals surface area contributed by atoms with Crippen LogP contribution < -0.4 is 15.2 Å². The van der Waals surface area contributed by atoms with Crippen LogP contribution in [-0.2, 0) is 11.3 Å². The summed E-state index contributed by atoms with van der Waals surface area (Å²) in [5.74, 6) is 0.762. The number of methoxy groups -OCH3 is 1. The third kappa shape index (κ3) is 4.82. The predicted molar refractivity (Wildman–Crippen MR) is 132 cm³/mol. The van der Waals surface area contributed by atoms with E-state index in [2.05, 4.69) is 4.98 Å². The van der Waals surface area contributed by atoms with E-state index in [0.717, 1.165) is 11.3 Å². The van der Waals surface area contributed by atoms with E-state index < -0.39 is 0 Å². The molecule has 0 atom stereocenters. The van der Waals surface area contributed by atoms with Gasteiger partial charge in [0, 0.05) is 17.8 Å². The molecule has 9 heteroatoms. The normalized spacial score (nSPS) is 11.0. The Morgan fingerprint density at radius 2 is 2.00 bits per heavy atom. The summed E-state index contributed by atoms with van der Waals surface area (Å²) in [6.07, 6.45) is 0. The number of fused-ring (bicyclic) bond motifs is 1. The summed E-state index contributed by atoms with van der Waals surface area (Å²) in [7, 11) is 3.31. The molecule has 2 heterocycles. The summed E-state index contributed by atoms with van der Waals surface area (Å²) >= 11 is 8.67. The Labute approximate surface area is 198 Å². The molecule has 164 valence electrons. The smallest absolute Gasteiger partial charge is 0.272 e. The van der Waals surface area contributed by atoms with Crippen LogP contribution in [0.3, 0.4) is 0 Å². The maximum atomic E-state index is 13.2. The van der Waals surface area contributed by atoms with Gasteiger partial charge in [-0.15, -0.1) is 11.3 Å². The van der Waals surface area contributed by atoms with E-state index in [-0.39, 0.29) is 17.2 Å². The standard InChI is InChI=1S/C23H20ClN3O3S2/c1-26(17-5-3-4-16(24)12-17)20(28)14-32-23-25-19-10-11-31-21(19)22(29)27(23)13-15-6-8-18(30-2)9-7-15/h3-12H,13-14H2,1-2H3. The first-order valence-corrected chi connectivity index (χ1v) is 12.0. The molecule has 0 saturated heterocycles. The molecule has 0 radical (unpaired) electrons. The molecule has 0 bridgehead atoms. The fraction of sp³-hybridized carbons (Fsp3) is 0.174. The summed E-state index contributed by atoms with van der Waals surface area (Å²) in [4.78, 5) is 32.2. The van der Waals surface area contributed by atoms with Gasteiger partial charge in [0.05, 0.1) is 24.9 Å². The van der Waals surface area contributed by atoms with Gasteiger partial charge in [-0.05, 0) is 47.3 Å². The predicted octanol–water partition coefficient (Wildman–Crippen LogP) is 4.92. The Balaban J connectivity index is 1.60. The van der Waals surface area contributed by atoms with E-state index in [1.807, 2.05) is 41.8 Å². The number of carbonyl (C=O) groups excluding carboxylic acids is 1. The highest BCUT2D eigenvalue weighted by Gasteiger charge is 2.17. The number of thiophene rings is 1. The summed E-state index contributed by atoms with van der Waals surface area (Å²) in [6, 6.07) is 16.5. The summed E-state index contributed by atoms with van der Waals surface area (Å²) in [5.41, 5.74) is 2.18.